The molecule has 0 spiro atoms. The van der Waals surface area contributed by atoms with Crippen molar-refractivity contribution in [3.8, 4) is 11.5 Å². The van der Waals surface area contributed by atoms with E-state index in [1.165, 1.54) is 4.90 Å². The quantitative estimate of drug-likeness (QED) is 0.662. The summed E-state index contributed by atoms with van der Waals surface area (Å²) in [5, 5.41) is 8.14. The number of nitrogens with zero attached hydrogens (tertiary/aromatic N) is 3. The van der Waals surface area contributed by atoms with Gasteiger partial charge in [0.25, 0.3) is 11.8 Å². The van der Waals surface area contributed by atoms with Crippen LogP contribution in [0.25, 0.3) is 11.5 Å². The van der Waals surface area contributed by atoms with Gasteiger partial charge in [0.1, 0.15) is 0 Å². The fourth-order valence-electron chi connectivity index (χ4n) is 3.08. The molecule has 26 heavy (non-hydrogen) atoms. The van der Waals surface area contributed by atoms with Gasteiger partial charge in [0.15, 0.2) is 0 Å². The second kappa shape index (κ2) is 6.55. The summed E-state index contributed by atoms with van der Waals surface area (Å²) in [7, 11) is 0. The minimum Gasteiger partial charge on any atom is -0.421 e. The number of aryl methyl sites for hydroxylation is 2. The zero-order valence-electron chi connectivity index (χ0n) is 14.3. The Kier molecular flexibility index (Phi) is 4.08. The second-order valence-electron chi connectivity index (χ2n) is 6.28. The molecule has 0 fully saturated rings. The first kappa shape index (κ1) is 16.2. The van der Waals surface area contributed by atoms with E-state index in [0.29, 0.717) is 42.3 Å². The topological polar surface area (TPSA) is 76.3 Å². The van der Waals surface area contributed by atoms with E-state index in [1.54, 1.807) is 24.3 Å². The minimum atomic E-state index is -0.239. The maximum Gasteiger partial charge on any atom is 0.261 e. The van der Waals surface area contributed by atoms with Crippen LogP contribution in [0.3, 0.4) is 0 Å². The second-order valence-corrected chi connectivity index (χ2v) is 6.28. The van der Waals surface area contributed by atoms with E-state index in [0.717, 1.165) is 11.1 Å². The lowest BCUT2D eigenvalue weighted by Crippen LogP contribution is -2.30. The predicted molar refractivity (Wildman–Crippen MR) is 94.6 cm³/mol. The molecule has 0 bridgehead atoms. The summed E-state index contributed by atoms with van der Waals surface area (Å²) in [5.41, 5.74) is 2.94. The van der Waals surface area contributed by atoms with Crippen molar-refractivity contribution < 1.29 is 14.0 Å². The van der Waals surface area contributed by atoms with Gasteiger partial charge >= 0.3 is 0 Å². The van der Waals surface area contributed by atoms with Crippen LogP contribution >= 0.6 is 0 Å². The summed E-state index contributed by atoms with van der Waals surface area (Å²) in [6.07, 6.45) is 1.08. The number of carbonyl (C=O) groups excluding carboxylic acids is 2. The van der Waals surface area contributed by atoms with Crippen LogP contribution < -0.4 is 0 Å². The number of benzene rings is 2. The Morgan fingerprint density at radius 3 is 2.38 bits per heavy atom. The third-order valence-electron chi connectivity index (χ3n) is 4.38. The molecule has 0 N–H and O–H groups in total. The van der Waals surface area contributed by atoms with Crippen molar-refractivity contribution in [3.63, 3.8) is 0 Å². The van der Waals surface area contributed by atoms with Crippen LogP contribution in [-0.2, 0) is 6.42 Å². The smallest absolute Gasteiger partial charge is 0.261 e. The molecule has 6 heteroatoms. The lowest BCUT2D eigenvalue weighted by atomic mass is 10.1. The fraction of sp³-hybridized carbons (Fsp3) is 0.200. The van der Waals surface area contributed by atoms with Gasteiger partial charge in [-0.1, -0.05) is 29.8 Å². The van der Waals surface area contributed by atoms with Crippen molar-refractivity contribution in [1.29, 1.82) is 0 Å². The van der Waals surface area contributed by atoms with Crippen molar-refractivity contribution in [2.24, 2.45) is 0 Å². The Labute approximate surface area is 150 Å². The number of carbonyl (C=O) groups is 2. The van der Waals surface area contributed by atoms with Crippen molar-refractivity contribution in [1.82, 2.24) is 15.1 Å². The molecule has 4 rings (SSSR count). The monoisotopic (exact) mass is 347 g/mol. The summed E-state index contributed by atoms with van der Waals surface area (Å²) < 4.78 is 5.69. The van der Waals surface area contributed by atoms with Crippen molar-refractivity contribution >= 4 is 11.8 Å². The van der Waals surface area contributed by atoms with Gasteiger partial charge in [-0.05, 0) is 37.6 Å². The van der Waals surface area contributed by atoms with E-state index in [9.17, 15) is 9.59 Å². The molecule has 0 saturated heterocycles. The zero-order chi connectivity index (χ0) is 18.1. The molecule has 3 aromatic rings. The highest BCUT2D eigenvalue weighted by Gasteiger charge is 2.34. The molecule has 2 aromatic carbocycles. The number of hydrogen-bond donors (Lipinski definition) is 0. The number of rotatable bonds is 5. The predicted octanol–water partition coefficient (Wildman–Crippen LogP) is 3.27. The van der Waals surface area contributed by atoms with E-state index in [1.807, 2.05) is 31.2 Å². The van der Waals surface area contributed by atoms with E-state index in [4.69, 9.17) is 4.42 Å². The minimum absolute atomic E-state index is 0.239. The van der Waals surface area contributed by atoms with Gasteiger partial charge in [-0.25, -0.2) is 0 Å². The molecule has 0 aliphatic carbocycles. The van der Waals surface area contributed by atoms with Crippen molar-refractivity contribution in [3.05, 3.63) is 71.1 Å². The number of aromatic nitrogens is 2. The molecule has 0 atom stereocenters. The number of imide groups is 1. The molecule has 1 aromatic heterocycles. The Hall–Kier alpha value is -3.28. The highest BCUT2D eigenvalue weighted by molar-refractivity contribution is 6.21. The molecule has 130 valence electrons. The van der Waals surface area contributed by atoms with Gasteiger partial charge in [0.05, 0.1) is 11.1 Å². The highest BCUT2D eigenvalue weighted by Crippen LogP contribution is 2.23. The molecular formula is C20H17N3O3. The maximum atomic E-state index is 12.3. The average Bonchev–Trinajstić information content (AvgIpc) is 3.21. The zero-order valence-corrected chi connectivity index (χ0v) is 14.3. The lowest BCUT2D eigenvalue weighted by Gasteiger charge is -2.12. The van der Waals surface area contributed by atoms with Gasteiger partial charge < -0.3 is 4.42 Å². The Bertz CT molecular complexity index is 958. The van der Waals surface area contributed by atoms with E-state index >= 15 is 0 Å². The largest absolute Gasteiger partial charge is 0.421 e. The van der Waals surface area contributed by atoms with Gasteiger partial charge in [0.2, 0.25) is 11.8 Å². The summed E-state index contributed by atoms with van der Waals surface area (Å²) >= 11 is 0. The fourth-order valence-corrected chi connectivity index (χ4v) is 3.08. The molecule has 0 saturated carbocycles. The third kappa shape index (κ3) is 2.90. The molecule has 1 aliphatic rings. The van der Waals surface area contributed by atoms with Crippen LogP contribution in [0.2, 0.25) is 0 Å². The van der Waals surface area contributed by atoms with Gasteiger partial charge in [-0.3, -0.25) is 14.5 Å². The molecule has 6 nitrogen and oxygen atoms in total. The van der Waals surface area contributed by atoms with E-state index in [2.05, 4.69) is 10.2 Å². The van der Waals surface area contributed by atoms with Gasteiger partial charge in [0, 0.05) is 18.5 Å². The van der Waals surface area contributed by atoms with Crippen LogP contribution in [0.15, 0.2) is 52.9 Å². The lowest BCUT2D eigenvalue weighted by molar-refractivity contribution is 0.0651. The Balaban J connectivity index is 1.39. The first-order valence-corrected chi connectivity index (χ1v) is 8.48. The van der Waals surface area contributed by atoms with Crippen LogP contribution in [0.1, 0.15) is 38.6 Å². The van der Waals surface area contributed by atoms with Gasteiger partial charge in [-0.15, -0.1) is 10.2 Å². The van der Waals surface area contributed by atoms with Crippen LogP contribution in [0, 0.1) is 6.92 Å². The summed E-state index contributed by atoms with van der Waals surface area (Å²) in [5.74, 6) is 0.496. The first-order chi connectivity index (χ1) is 12.6. The summed E-state index contributed by atoms with van der Waals surface area (Å²) in [6.45, 7) is 2.33. The van der Waals surface area contributed by atoms with E-state index < -0.39 is 0 Å². The van der Waals surface area contributed by atoms with Crippen molar-refractivity contribution in [2.45, 2.75) is 19.8 Å². The molecule has 0 unspecified atom stereocenters. The first-order valence-electron chi connectivity index (χ1n) is 8.48. The highest BCUT2D eigenvalue weighted by atomic mass is 16.4. The summed E-state index contributed by atoms with van der Waals surface area (Å²) in [4.78, 5) is 25.9. The average molecular weight is 347 g/mol. The molecular weight excluding hydrogens is 330 g/mol. The maximum absolute atomic E-state index is 12.3. The number of hydrogen-bond acceptors (Lipinski definition) is 5. The standard InChI is InChI=1S/C20H17N3O3/c1-13-6-4-7-14(12-13)18-22-21-17(26-18)10-5-11-23-19(24)15-8-2-3-9-16(15)20(23)25/h2-4,6-9,12H,5,10-11H2,1H3. The van der Waals surface area contributed by atoms with Crippen LogP contribution in [-0.4, -0.2) is 33.5 Å². The Morgan fingerprint density at radius 1 is 0.962 bits per heavy atom. The molecule has 2 heterocycles. The number of fused-ring (bicyclic) bond motifs is 1. The van der Waals surface area contributed by atoms with E-state index in [-0.39, 0.29) is 11.8 Å². The third-order valence-corrected chi connectivity index (χ3v) is 4.38. The molecule has 0 radical (unpaired) electrons. The van der Waals surface area contributed by atoms with Crippen LogP contribution in [0.5, 0.6) is 0 Å². The van der Waals surface area contributed by atoms with Crippen LogP contribution in [0.4, 0.5) is 0 Å². The Morgan fingerprint density at radius 2 is 1.69 bits per heavy atom. The SMILES string of the molecule is Cc1cccc(-c2nnc(CCCN3C(=O)c4ccccc4C3=O)o2)c1. The summed E-state index contributed by atoms with van der Waals surface area (Å²) in [6, 6.07) is 14.7. The molecule has 1 aliphatic heterocycles. The van der Waals surface area contributed by atoms with Gasteiger partial charge in [-0.2, -0.15) is 0 Å². The number of amides is 2. The molecule has 2 amide bonds. The normalized spacial score (nSPS) is 13.3. The van der Waals surface area contributed by atoms with Crippen molar-refractivity contribution in [2.75, 3.05) is 6.54 Å².